The Morgan fingerprint density at radius 3 is 2.67 bits per heavy atom. The molecule has 0 amide bonds. The van der Waals surface area contributed by atoms with Gasteiger partial charge < -0.3 is 4.84 Å². The second-order valence-electron chi connectivity index (χ2n) is 4.77. The van der Waals surface area contributed by atoms with Gasteiger partial charge in [0.25, 0.3) is 0 Å². The van der Waals surface area contributed by atoms with Gasteiger partial charge in [-0.25, -0.2) is 0 Å². The van der Waals surface area contributed by atoms with Crippen LogP contribution < -0.4 is 0 Å². The van der Waals surface area contributed by atoms with Gasteiger partial charge in [0.05, 0.1) is 16.1 Å². The van der Waals surface area contributed by atoms with Gasteiger partial charge in [-0.1, -0.05) is 64.8 Å². The molecule has 0 atom stereocenters. The summed E-state index contributed by atoms with van der Waals surface area (Å²) < 4.78 is 1.16. The van der Waals surface area contributed by atoms with E-state index in [2.05, 4.69) is 30.3 Å². The summed E-state index contributed by atoms with van der Waals surface area (Å²) in [5.74, 6) is 0. The number of rotatable bonds is 4. The standard InChI is InChI=1S/C17H14ClNOS/c1-12-6-8-13(9-7-12)11-20-19-10-16-17(18)14-4-2-3-5-15(14)21-16/h2-10H,11H2,1H3. The quantitative estimate of drug-likeness (QED) is 0.465. The van der Waals surface area contributed by atoms with E-state index in [1.807, 2.05) is 30.3 Å². The largest absolute Gasteiger partial charge is 0.391 e. The molecule has 0 saturated heterocycles. The molecular formula is C17H14ClNOS. The zero-order chi connectivity index (χ0) is 14.7. The van der Waals surface area contributed by atoms with Gasteiger partial charge in [-0.15, -0.1) is 11.3 Å². The Bertz CT molecular complexity index is 777. The Balaban J connectivity index is 1.67. The van der Waals surface area contributed by atoms with Crippen molar-refractivity contribution in [3.05, 3.63) is 69.6 Å². The van der Waals surface area contributed by atoms with Gasteiger partial charge >= 0.3 is 0 Å². The van der Waals surface area contributed by atoms with Crippen molar-refractivity contribution >= 4 is 39.2 Å². The number of aryl methyl sites for hydroxylation is 1. The predicted molar refractivity (Wildman–Crippen MR) is 90.4 cm³/mol. The molecule has 0 unspecified atom stereocenters. The first-order valence-electron chi connectivity index (χ1n) is 6.62. The van der Waals surface area contributed by atoms with Crippen LogP contribution in [-0.4, -0.2) is 6.21 Å². The van der Waals surface area contributed by atoms with Crippen molar-refractivity contribution < 1.29 is 4.84 Å². The summed E-state index contributed by atoms with van der Waals surface area (Å²) in [7, 11) is 0. The zero-order valence-electron chi connectivity index (χ0n) is 11.5. The molecule has 2 aromatic carbocycles. The fourth-order valence-electron chi connectivity index (χ4n) is 2.00. The normalized spacial score (nSPS) is 11.3. The fourth-order valence-corrected chi connectivity index (χ4v) is 3.34. The van der Waals surface area contributed by atoms with Crippen molar-refractivity contribution in [2.75, 3.05) is 0 Å². The Morgan fingerprint density at radius 1 is 1.14 bits per heavy atom. The number of halogens is 1. The van der Waals surface area contributed by atoms with Crippen molar-refractivity contribution in [1.29, 1.82) is 0 Å². The summed E-state index contributed by atoms with van der Waals surface area (Å²) in [4.78, 5) is 6.25. The van der Waals surface area contributed by atoms with Gasteiger partial charge in [0.2, 0.25) is 0 Å². The Labute approximate surface area is 132 Å². The van der Waals surface area contributed by atoms with Crippen LogP contribution in [0.2, 0.25) is 5.02 Å². The molecule has 21 heavy (non-hydrogen) atoms. The summed E-state index contributed by atoms with van der Waals surface area (Å²) >= 11 is 7.94. The van der Waals surface area contributed by atoms with Gasteiger partial charge in [-0.3, -0.25) is 0 Å². The number of thiophene rings is 1. The Morgan fingerprint density at radius 2 is 1.90 bits per heavy atom. The second kappa shape index (κ2) is 6.29. The van der Waals surface area contributed by atoms with Gasteiger partial charge in [0.1, 0.15) is 6.61 Å². The first-order valence-corrected chi connectivity index (χ1v) is 7.81. The maximum Gasteiger partial charge on any atom is 0.142 e. The van der Waals surface area contributed by atoms with E-state index >= 15 is 0 Å². The Kier molecular flexibility index (Phi) is 4.23. The number of hydrogen-bond donors (Lipinski definition) is 0. The minimum Gasteiger partial charge on any atom is -0.391 e. The third-order valence-electron chi connectivity index (χ3n) is 3.16. The minimum absolute atomic E-state index is 0.458. The third kappa shape index (κ3) is 3.26. The number of benzene rings is 2. The van der Waals surface area contributed by atoms with E-state index in [1.54, 1.807) is 17.6 Å². The average molecular weight is 316 g/mol. The molecule has 1 aromatic heterocycles. The van der Waals surface area contributed by atoms with E-state index < -0.39 is 0 Å². The van der Waals surface area contributed by atoms with Crippen LogP contribution in [0, 0.1) is 6.92 Å². The lowest BCUT2D eigenvalue weighted by atomic mass is 10.2. The zero-order valence-corrected chi connectivity index (χ0v) is 13.1. The van der Waals surface area contributed by atoms with Crippen LogP contribution in [0.15, 0.2) is 53.7 Å². The van der Waals surface area contributed by atoms with E-state index in [4.69, 9.17) is 16.4 Å². The van der Waals surface area contributed by atoms with Crippen LogP contribution in [0.1, 0.15) is 16.0 Å². The van der Waals surface area contributed by atoms with Crippen molar-refractivity contribution in [1.82, 2.24) is 0 Å². The van der Waals surface area contributed by atoms with E-state index in [0.29, 0.717) is 6.61 Å². The number of nitrogens with zero attached hydrogens (tertiary/aromatic N) is 1. The maximum atomic E-state index is 6.33. The van der Waals surface area contributed by atoms with Gasteiger partial charge in [0, 0.05) is 10.1 Å². The number of fused-ring (bicyclic) bond motifs is 1. The van der Waals surface area contributed by atoms with Gasteiger partial charge in [0.15, 0.2) is 0 Å². The first kappa shape index (κ1) is 14.1. The van der Waals surface area contributed by atoms with Crippen LogP contribution in [0.5, 0.6) is 0 Å². The second-order valence-corrected chi connectivity index (χ2v) is 6.23. The molecule has 0 saturated carbocycles. The molecular weight excluding hydrogens is 302 g/mol. The van der Waals surface area contributed by atoms with Crippen LogP contribution in [0.25, 0.3) is 10.1 Å². The monoisotopic (exact) mass is 315 g/mol. The molecule has 2 nitrogen and oxygen atoms in total. The van der Waals surface area contributed by atoms with E-state index in [0.717, 1.165) is 25.5 Å². The van der Waals surface area contributed by atoms with Crippen LogP contribution in [0.3, 0.4) is 0 Å². The molecule has 0 bridgehead atoms. The molecule has 0 fully saturated rings. The highest BCUT2D eigenvalue weighted by molar-refractivity contribution is 7.21. The summed E-state index contributed by atoms with van der Waals surface area (Å²) in [5, 5.41) is 5.81. The molecule has 0 radical (unpaired) electrons. The SMILES string of the molecule is Cc1ccc(CON=Cc2sc3ccccc3c2Cl)cc1. The first-order chi connectivity index (χ1) is 10.2. The van der Waals surface area contributed by atoms with E-state index in [-0.39, 0.29) is 0 Å². The molecule has 3 aromatic rings. The smallest absolute Gasteiger partial charge is 0.142 e. The molecule has 0 aliphatic carbocycles. The summed E-state index contributed by atoms with van der Waals surface area (Å²) in [6.07, 6.45) is 1.68. The van der Waals surface area contributed by atoms with Crippen LogP contribution >= 0.6 is 22.9 Å². The predicted octanol–water partition coefficient (Wildman–Crippen LogP) is 5.41. The van der Waals surface area contributed by atoms with Crippen molar-refractivity contribution in [3.63, 3.8) is 0 Å². The average Bonchev–Trinajstić information content (AvgIpc) is 2.82. The minimum atomic E-state index is 0.458. The molecule has 0 N–H and O–H groups in total. The lowest BCUT2D eigenvalue weighted by Gasteiger charge is -1.99. The molecule has 4 heteroatoms. The number of oxime groups is 1. The van der Waals surface area contributed by atoms with E-state index in [9.17, 15) is 0 Å². The topological polar surface area (TPSA) is 21.6 Å². The Hall–Kier alpha value is -1.84. The highest BCUT2D eigenvalue weighted by atomic mass is 35.5. The maximum absolute atomic E-state index is 6.33. The fraction of sp³-hybridized carbons (Fsp3) is 0.118. The number of hydrogen-bond acceptors (Lipinski definition) is 3. The van der Waals surface area contributed by atoms with Crippen LogP contribution in [-0.2, 0) is 11.4 Å². The highest BCUT2D eigenvalue weighted by Gasteiger charge is 2.07. The van der Waals surface area contributed by atoms with E-state index in [1.165, 1.54) is 5.56 Å². The summed E-state index contributed by atoms with van der Waals surface area (Å²) in [6, 6.07) is 16.2. The third-order valence-corrected chi connectivity index (χ3v) is 4.78. The lowest BCUT2D eigenvalue weighted by Crippen LogP contribution is -1.87. The van der Waals surface area contributed by atoms with Gasteiger partial charge in [-0.05, 0) is 18.6 Å². The molecule has 0 spiro atoms. The van der Waals surface area contributed by atoms with Crippen LogP contribution in [0.4, 0.5) is 0 Å². The summed E-state index contributed by atoms with van der Waals surface area (Å²) in [6.45, 7) is 2.52. The lowest BCUT2D eigenvalue weighted by molar-refractivity contribution is 0.132. The van der Waals surface area contributed by atoms with Crippen molar-refractivity contribution in [3.8, 4) is 0 Å². The van der Waals surface area contributed by atoms with Crippen molar-refractivity contribution in [2.45, 2.75) is 13.5 Å². The molecule has 3 rings (SSSR count). The molecule has 0 aliphatic heterocycles. The molecule has 0 aliphatic rings. The van der Waals surface area contributed by atoms with Crippen molar-refractivity contribution in [2.24, 2.45) is 5.16 Å². The molecule has 1 heterocycles. The summed E-state index contributed by atoms with van der Waals surface area (Å²) in [5.41, 5.74) is 2.33. The molecule has 106 valence electrons. The van der Waals surface area contributed by atoms with Gasteiger partial charge in [-0.2, -0.15) is 0 Å². The highest BCUT2D eigenvalue weighted by Crippen LogP contribution is 2.33.